The molecule has 1 heterocycles. The number of hydrogen-bond acceptors (Lipinski definition) is 4. The molecule has 1 aliphatic carbocycles. The Morgan fingerprint density at radius 3 is 2.80 bits per heavy atom. The van der Waals surface area contributed by atoms with E-state index < -0.39 is 0 Å². The zero-order valence-electron chi connectivity index (χ0n) is 9.86. The van der Waals surface area contributed by atoms with E-state index in [1.54, 1.807) is 0 Å². The van der Waals surface area contributed by atoms with Crippen LogP contribution in [0.1, 0.15) is 52.0 Å². The maximum absolute atomic E-state index is 4.10. The van der Waals surface area contributed by atoms with Crippen molar-refractivity contribution in [2.45, 2.75) is 46.2 Å². The second-order valence-electron chi connectivity index (χ2n) is 4.97. The predicted molar refractivity (Wildman–Crippen MR) is 57.3 cm³/mol. The summed E-state index contributed by atoms with van der Waals surface area (Å²) in [6.07, 6.45) is 1.17. The van der Waals surface area contributed by atoms with Crippen LogP contribution in [0.15, 0.2) is 0 Å². The Morgan fingerprint density at radius 1 is 1.60 bits per heavy atom. The van der Waals surface area contributed by atoms with E-state index in [2.05, 4.69) is 48.5 Å². The first-order chi connectivity index (χ1) is 7.06. The molecular weight excluding hydrogens is 190 g/mol. The SMILES string of the molecule is CCNC(C)c1nnnn1C1CC1(C)C. The van der Waals surface area contributed by atoms with Crippen molar-refractivity contribution < 1.29 is 0 Å². The molecule has 1 aliphatic rings. The van der Waals surface area contributed by atoms with Crippen molar-refractivity contribution in [1.29, 1.82) is 0 Å². The normalized spacial score (nSPS) is 25.2. The minimum absolute atomic E-state index is 0.224. The van der Waals surface area contributed by atoms with Gasteiger partial charge in [-0.15, -0.1) is 5.10 Å². The van der Waals surface area contributed by atoms with Gasteiger partial charge >= 0.3 is 0 Å². The van der Waals surface area contributed by atoms with Crippen LogP contribution in [0.5, 0.6) is 0 Å². The minimum atomic E-state index is 0.224. The molecule has 5 nitrogen and oxygen atoms in total. The number of nitrogens with one attached hydrogen (secondary N) is 1. The molecule has 1 fully saturated rings. The lowest BCUT2D eigenvalue weighted by molar-refractivity contribution is 0.450. The molecule has 1 saturated carbocycles. The van der Waals surface area contributed by atoms with E-state index in [1.807, 2.05) is 4.68 Å². The third-order valence-electron chi connectivity index (χ3n) is 3.17. The van der Waals surface area contributed by atoms with Gasteiger partial charge in [0.15, 0.2) is 5.82 Å². The molecule has 0 radical (unpaired) electrons. The molecule has 1 N–H and O–H groups in total. The molecule has 0 saturated heterocycles. The molecule has 84 valence electrons. The van der Waals surface area contributed by atoms with Crippen LogP contribution in [-0.2, 0) is 0 Å². The van der Waals surface area contributed by atoms with Gasteiger partial charge in [-0.25, -0.2) is 4.68 Å². The summed E-state index contributed by atoms with van der Waals surface area (Å²) in [7, 11) is 0. The van der Waals surface area contributed by atoms with Crippen LogP contribution in [0.25, 0.3) is 0 Å². The van der Waals surface area contributed by atoms with Gasteiger partial charge in [-0.1, -0.05) is 20.8 Å². The third-order valence-corrected chi connectivity index (χ3v) is 3.17. The first-order valence-corrected chi connectivity index (χ1v) is 5.57. The molecule has 1 aromatic rings. The van der Waals surface area contributed by atoms with Gasteiger partial charge in [0.2, 0.25) is 0 Å². The van der Waals surface area contributed by atoms with Gasteiger partial charge in [0.05, 0.1) is 12.1 Å². The van der Waals surface area contributed by atoms with Gasteiger partial charge in [-0.3, -0.25) is 0 Å². The number of hydrogen-bond donors (Lipinski definition) is 1. The maximum atomic E-state index is 4.10. The smallest absolute Gasteiger partial charge is 0.168 e. The number of tetrazole rings is 1. The Balaban J connectivity index is 2.16. The van der Waals surface area contributed by atoms with E-state index >= 15 is 0 Å². The average molecular weight is 209 g/mol. The van der Waals surface area contributed by atoms with Crippen molar-refractivity contribution in [3.63, 3.8) is 0 Å². The number of nitrogens with zero attached hydrogens (tertiary/aromatic N) is 4. The van der Waals surface area contributed by atoms with E-state index in [0.717, 1.165) is 12.4 Å². The molecule has 2 unspecified atom stereocenters. The minimum Gasteiger partial charge on any atom is -0.308 e. The van der Waals surface area contributed by atoms with Gasteiger partial charge in [0.25, 0.3) is 0 Å². The second kappa shape index (κ2) is 3.56. The summed E-state index contributed by atoms with van der Waals surface area (Å²) in [6.45, 7) is 9.62. The lowest BCUT2D eigenvalue weighted by atomic mass is 10.2. The summed E-state index contributed by atoms with van der Waals surface area (Å²) >= 11 is 0. The van der Waals surface area contributed by atoms with Crippen molar-refractivity contribution in [2.75, 3.05) is 6.54 Å². The molecule has 0 aliphatic heterocycles. The van der Waals surface area contributed by atoms with Crippen molar-refractivity contribution in [2.24, 2.45) is 5.41 Å². The summed E-state index contributed by atoms with van der Waals surface area (Å²) in [4.78, 5) is 0. The van der Waals surface area contributed by atoms with Gasteiger partial charge in [-0.05, 0) is 35.7 Å². The van der Waals surface area contributed by atoms with Crippen LogP contribution < -0.4 is 5.32 Å². The van der Waals surface area contributed by atoms with E-state index in [9.17, 15) is 0 Å². The van der Waals surface area contributed by atoms with Crippen LogP contribution in [-0.4, -0.2) is 26.8 Å². The molecule has 0 spiro atoms. The summed E-state index contributed by atoms with van der Waals surface area (Å²) in [5, 5.41) is 15.3. The summed E-state index contributed by atoms with van der Waals surface area (Å²) in [5.74, 6) is 0.951. The average Bonchev–Trinajstić information content (AvgIpc) is 2.65. The summed E-state index contributed by atoms with van der Waals surface area (Å²) in [6, 6.07) is 0.699. The molecule has 0 aromatic carbocycles. The van der Waals surface area contributed by atoms with Gasteiger partial charge < -0.3 is 5.32 Å². The fourth-order valence-corrected chi connectivity index (χ4v) is 1.96. The van der Waals surface area contributed by atoms with E-state index in [1.165, 1.54) is 6.42 Å². The molecule has 0 amide bonds. The van der Waals surface area contributed by atoms with Crippen LogP contribution in [0, 0.1) is 5.41 Å². The lowest BCUT2D eigenvalue weighted by Crippen LogP contribution is -2.22. The van der Waals surface area contributed by atoms with Crippen molar-refractivity contribution >= 4 is 0 Å². The predicted octanol–water partition coefficient (Wildman–Crippen LogP) is 1.31. The zero-order chi connectivity index (χ0) is 11.1. The van der Waals surface area contributed by atoms with Gasteiger partial charge in [0.1, 0.15) is 0 Å². The Morgan fingerprint density at radius 2 is 2.27 bits per heavy atom. The molecule has 15 heavy (non-hydrogen) atoms. The Hall–Kier alpha value is -0.970. The second-order valence-corrected chi connectivity index (χ2v) is 4.97. The largest absolute Gasteiger partial charge is 0.308 e. The fourth-order valence-electron chi connectivity index (χ4n) is 1.96. The van der Waals surface area contributed by atoms with Crippen LogP contribution in [0.2, 0.25) is 0 Å². The Bertz CT molecular complexity index is 343. The van der Waals surface area contributed by atoms with E-state index in [4.69, 9.17) is 0 Å². The van der Waals surface area contributed by atoms with Crippen LogP contribution >= 0.6 is 0 Å². The molecule has 2 atom stereocenters. The fraction of sp³-hybridized carbons (Fsp3) is 0.900. The summed E-state index contributed by atoms with van der Waals surface area (Å²) < 4.78 is 1.98. The standard InChI is InChI=1S/C10H19N5/c1-5-11-7(2)9-12-13-14-15(9)8-6-10(8,3)4/h7-8,11H,5-6H2,1-4H3. The Labute approximate surface area is 90.2 Å². The monoisotopic (exact) mass is 209 g/mol. The Kier molecular flexibility index (Phi) is 2.50. The molecule has 2 rings (SSSR count). The summed E-state index contributed by atoms with van der Waals surface area (Å²) in [5.41, 5.74) is 0.357. The van der Waals surface area contributed by atoms with Crippen LogP contribution in [0.4, 0.5) is 0 Å². The van der Waals surface area contributed by atoms with Gasteiger partial charge in [0, 0.05) is 0 Å². The highest BCUT2D eigenvalue weighted by molar-refractivity contribution is 5.04. The topological polar surface area (TPSA) is 55.6 Å². The first kappa shape index (κ1) is 10.5. The molecule has 0 bridgehead atoms. The van der Waals surface area contributed by atoms with Crippen molar-refractivity contribution in [3.05, 3.63) is 5.82 Å². The number of aromatic nitrogens is 4. The highest BCUT2D eigenvalue weighted by atomic mass is 15.6. The van der Waals surface area contributed by atoms with Crippen molar-refractivity contribution in [3.8, 4) is 0 Å². The highest BCUT2D eigenvalue weighted by Crippen LogP contribution is 2.55. The zero-order valence-corrected chi connectivity index (χ0v) is 9.86. The number of rotatable bonds is 4. The highest BCUT2D eigenvalue weighted by Gasteiger charge is 2.49. The first-order valence-electron chi connectivity index (χ1n) is 5.57. The third kappa shape index (κ3) is 1.88. The van der Waals surface area contributed by atoms with Crippen molar-refractivity contribution in [1.82, 2.24) is 25.5 Å². The maximum Gasteiger partial charge on any atom is 0.168 e. The van der Waals surface area contributed by atoms with E-state index in [-0.39, 0.29) is 6.04 Å². The molecule has 1 aromatic heterocycles. The quantitative estimate of drug-likeness (QED) is 0.812. The van der Waals surface area contributed by atoms with Gasteiger partial charge in [-0.2, -0.15) is 0 Å². The lowest BCUT2D eigenvalue weighted by Gasteiger charge is -2.12. The van der Waals surface area contributed by atoms with E-state index in [0.29, 0.717) is 11.5 Å². The molecule has 5 heteroatoms. The van der Waals surface area contributed by atoms with Crippen LogP contribution in [0.3, 0.4) is 0 Å². The molecular formula is C10H19N5.